The predicted molar refractivity (Wildman–Crippen MR) is 90.2 cm³/mol. The molecular weight excluding hydrogens is 335 g/mol. The number of anilines is 2. The van der Waals surface area contributed by atoms with Gasteiger partial charge in [-0.1, -0.05) is 11.8 Å². The Labute approximate surface area is 143 Å². The van der Waals surface area contributed by atoms with E-state index >= 15 is 0 Å². The summed E-state index contributed by atoms with van der Waals surface area (Å²) in [7, 11) is 0. The maximum Gasteiger partial charge on any atom is 0.414 e. The molecular formula is C16H19FN2O4S. The smallest absolute Gasteiger partial charge is 0.414 e. The molecule has 0 unspecified atom stereocenters. The first kappa shape index (κ1) is 17.0. The van der Waals surface area contributed by atoms with E-state index in [9.17, 15) is 14.0 Å². The summed E-state index contributed by atoms with van der Waals surface area (Å²) in [5, 5.41) is -0.0228. The van der Waals surface area contributed by atoms with Gasteiger partial charge in [0.15, 0.2) is 5.12 Å². The summed E-state index contributed by atoms with van der Waals surface area (Å²) in [6.45, 7) is 4.23. The van der Waals surface area contributed by atoms with Crippen molar-refractivity contribution in [3.05, 3.63) is 24.0 Å². The minimum atomic E-state index is -0.511. The molecule has 3 rings (SSSR count). The van der Waals surface area contributed by atoms with Crippen molar-refractivity contribution in [2.45, 2.75) is 13.0 Å². The molecule has 0 spiro atoms. The number of ether oxygens (including phenoxy) is 2. The summed E-state index contributed by atoms with van der Waals surface area (Å²) >= 11 is 1.12. The molecule has 130 valence electrons. The molecule has 6 nitrogen and oxygen atoms in total. The van der Waals surface area contributed by atoms with Crippen molar-refractivity contribution in [2.24, 2.45) is 0 Å². The Morgan fingerprint density at radius 1 is 1.38 bits per heavy atom. The maximum atomic E-state index is 14.5. The number of cyclic esters (lactones) is 1. The summed E-state index contributed by atoms with van der Waals surface area (Å²) in [4.78, 5) is 26.3. The van der Waals surface area contributed by atoms with Gasteiger partial charge < -0.3 is 14.4 Å². The van der Waals surface area contributed by atoms with Gasteiger partial charge in [0.25, 0.3) is 0 Å². The number of nitrogens with zero attached hydrogens (tertiary/aromatic N) is 2. The number of hydrogen-bond donors (Lipinski definition) is 0. The van der Waals surface area contributed by atoms with Gasteiger partial charge in [-0.2, -0.15) is 0 Å². The summed E-state index contributed by atoms with van der Waals surface area (Å²) in [5.74, 6) is 0.0371. The van der Waals surface area contributed by atoms with Gasteiger partial charge in [0.1, 0.15) is 11.9 Å². The van der Waals surface area contributed by atoms with E-state index in [4.69, 9.17) is 9.47 Å². The number of benzene rings is 1. The Balaban J connectivity index is 1.69. The zero-order chi connectivity index (χ0) is 17.1. The molecule has 0 radical (unpaired) electrons. The van der Waals surface area contributed by atoms with Crippen LogP contribution in [0, 0.1) is 5.82 Å². The number of carbonyl (C=O) groups is 2. The Hall–Kier alpha value is -1.80. The molecule has 2 aliphatic rings. The van der Waals surface area contributed by atoms with Crippen LogP contribution in [0.2, 0.25) is 0 Å². The third-order valence-electron chi connectivity index (χ3n) is 3.94. The fraction of sp³-hybridized carbons (Fsp3) is 0.500. The number of halogens is 1. The maximum absolute atomic E-state index is 14.5. The van der Waals surface area contributed by atoms with Gasteiger partial charge in [0.2, 0.25) is 0 Å². The highest BCUT2D eigenvalue weighted by atomic mass is 32.2. The van der Waals surface area contributed by atoms with E-state index in [-0.39, 0.29) is 17.0 Å². The van der Waals surface area contributed by atoms with Crippen LogP contribution in [0.5, 0.6) is 0 Å². The number of rotatable bonds is 4. The molecule has 2 heterocycles. The summed E-state index contributed by atoms with van der Waals surface area (Å²) in [6.07, 6.45) is -0.879. The minimum absolute atomic E-state index is 0.0228. The van der Waals surface area contributed by atoms with Crippen molar-refractivity contribution in [2.75, 3.05) is 48.4 Å². The van der Waals surface area contributed by atoms with Crippen molar-refractivity contribution < 1.29 is 23.5 Å². The van der Waals surface area contributed by atoms with Gasteiger partial charge in [-0.3, -0.25) is 9.69 Å². The Morgan fingerprint density at radius 3 is 2.79 bits per heavy atom. The summed E-state index contributed by atoms with van der Waals surface area (Å²) in [6, 6.07) is 4.75. The molecule has 1 amide bonds. The van der Waals surface area contributed by atoms with E-state index in [2.05, 4.69) is 0 Å². The van der Waals surface area contributed by atoms with E-state index in [1.54, 1.807) is 12.1 Å². The molecule has 8 heteroatoms. The molecule has 0 saturated carbocycles. The number of amides is 1. The molecule has 2 saturated heterocycles. The molecule has 0 bridgehead atoms. The fourth-order valence-electron chi connectivity index (χ4n) is 2.75. The van der Waals surface area contributed by atoms with Crippen LogP contribution in [-0.2, 0) is 14.3 Å². The lowest BCUT2D eigenvalue weighted by Gasteiger charge is -2.29. The first-order chi connectivity index (χ1) is 11.5. The number of thioether (sulfide) groups is 1. The van der Waals surface area contributed by atoms with Crippen molar-refractivity contribution in [1.29, 1.82) is 0 Å². The van der Waals surface area contributed by atoms with E-state index in [1.807, 2.05) is 4.90 Å². The van der Waals surface area contributed by atoms with E-state index in [0.29, 0.717) is 50.0 Å². The van der Waals surface area contributed by atoms with Crippen molar-refractivity contribution in [3.63, 3.8) is 0 Å². The monoisotopic (exact) mass is 354 g/mol. The van der Waals surface area contributed by atoms with Crippen LogP contribution in [0.1, 0.15) is 6.92 Å². The highest BCUT2D eigenvalue weighted by Crippen LogP contribution is 2.29. The third kappa shape index (κ3) is 3.81. The highest BCUT2D eigenvalue weighted by molar-refractivity contribution is 8.13. The largest absolute Gasteiger partial charge is 0.443 e. The van der Waals surface area contributed by atoms with Crippen molar-refractivity contribution >= 4 is 34.3 Å². The summed E-state index contributed by atoms with van der Waals surface area (Å²) < 4.78 is 25.0. The fourth-order valence-corrected chi connectivity index (χ4v) is 3.35. The van der Waals surface area contributed by atoms with Gasteiger partial charge in [-0.05, 0) is 18.2 Å². The van der Waals surface area contributed by atoms with Gasteiger partial charge in [-0.15, -0.1) is 0 Å². The second-order valence-electron chi connectivity index (χ2n) is 5.65. The van der Waals surface area contributed by atoms with Crippen LogP contribution in [-0.4, -0.2) is 55.9 Å². The van der Waals surface area contributed by atoms with E-state index in [0.717, 1.165) is 11.8 Å². The van der Waals surface area contributed by atoms with Crippen LogP contribution < -0.4 is 9.80 Å². The van der Waals surface area contributed by atoms with Crippen molar-refractivity contribution in [3.8, 4) is 0 Å². The average molecular weight is 354 g/mol. The lowest BCUT2D eigenvalue weighted by atomic mass is 10.2. The molecule has 24 heavy (non-hydrogen) atoms. The number of morpholine rings is 1. The SMILES string of the molecule is CC(=O)SC[C@H]1CN(c2ccc(N3CCOCC3)c(F)c2)C(=O)O1. The molecule has 1 aromatic rings. The zero-order valence-corrected chi connectivity index (χ0v) is 14.2. The number of hydrogen-bond acceptors (Lipinski definition) is 6. The van der Waals surface area contributed by atoms with Crippen LogP contribution in [0.4, 0.5) is 20.6 Å². The van der Waals surface area contributed by atoms with Crippen LogP contribution in [0.15, 0.2) is 18.2 Å². The lowest BCUT2D eigenvalue weighted by molar-refractivity contribution is -0.109. The van der Waals surface area contributed by atoms with Crippen LogP contribution in [0.25, 0.3) is 0 Å². The molecule has 0 N–H and O–H groups in total. The zero-order valence-electron chi connectivity index (χ0n) is 13.4. The second-order valence-corrected chi connectivity index (χ2v) is 6.85. The van der Waals surface area contributed by atoms with Crippen LogP contribution in [0.3, 0.4) is 0 Å². The first-order valence-electron chi connectivity index (χ1n) is 7.78. The molecule has 1 atom stereocenters. The standard InChI is InChI=1S/C16H19FN2O4S/c1-11(20)24-10-13-9-19(16(21)23-13)12-2-3-15(14(17)8-12)18-4-6-22-7-5-18/h2-3,8,13H,4-7,9-10H2,1H3/t13-/m1/s1. The Morgan fingerprint density at radius 2 is 2.12 bits per heavy atom. The average Bonchev–Trinajstić information content (AvgIpc) is 2.94. The van der Waals surface area contributed by atoms with Gasteiger partial charge in [-0.25, -0.2) is 9.18 Å². The first-order valence-corrected chi connectivity index (χ1v) is 8.77. The second kappa shape index (κ2) is 7.40. The Bertz CT molecular complexity index is 637. The Kier molecular flexibility index (Phi) is 5.25. The summed E-state index contributed by atoms with van der Waals surface area (Å²) in [5.41, 5.74) is 0.975. The van der Waals surface area contributed by atoms with Gasteiger partial charge >= 0.3 is 6.09 Å². The normalized spacial score (nSPS) is 21.1. The molecule has 2 fully saturated rings. The van der Waals surface area contributed by atoms with Crippen LogP contribution >= 0.6 is 11.8 Å². The minimum Gasteiger partial charge on any atom is -0.443 e. The quantitative estimate of drug-likeness (QED) is 0.827. The van der Waals surface area contributed by atoms with Gasteiger partial charge in [0, 0.05) is 25.8 Å². The van der Waals surface area contributed by atoms with Crippen molar-refractivity contribution in [1.82, 2.24) is 0 Å². The molecule has 0 aliphatic carbocycles. The predicted octanol–water partition coefficient (Wildman–Crippen LogP) is 2.27. The molecule has 0 aromatic heterocycles. The third-order valence-corrected chi connectivity index (χ3v) is 4.89. The lowest BCUT2D eigenvalue weighted by Crippen LogP contribution is -2.36. The molecule has 2 aliphatic heterocycles. The van der Waals surface area contributed by atoms with E-state index < -0.39 is 6.09 Å². The highest BCUT2D eigenvalue weighted by Gasteiger charge is 2.33. The van der Waals surface area contributed by atoms with E-state index in [1.165, 1.54) is 17.9 Å². The number of carbonyl (C=O) groups excluding carboxylic acids is 2. The topological polar surface area (TPSA) is 59.1 Å². The van der Waals surface area contributed by atoms with Gasteiger partial charge in [0.05, 0.1) is 31.1 Å². The molecule has 1 aromatic carbocycles.